The summed E-state index contributed by atoms with van der Waals surface area (Å²) in [5.74, 6) is -0.367. The number of pyridine rings is 1. The first-order chi connectivity index (χ1) is 13.2. The Morgan fingerprint density at radius 2 is 1.86 bits per heavy atom. The quantitative estimate of drug-likeness (QED) is 0.622. The Morgan fingerprint density at radius 1 is 1.11 bits per heavy atom. The molecule has 0 fully saturated rings. The molecule has 28 heavy (non-hydrogen) atoms. The minimum absolute atomic E-state index is 0.129. The van der Waals surface area contributed by atoms with Crippen LogP contribution in [0.25, 0.3) is 11.3 Å². The highest BCUT2D eigenvalue weighted by Crippen LogP contribution is 2.22. The van der Waals surface area contributed by atoms with Crippen molar-refractivity contribution in [2.75, 3.05) is 12.0 Å². The van der Waals surface area contributed by atoms with Crippen LogP contribution in [0.2, 0.25) is 5.02 Å². The third kappa shape index (κ3) is 4.68. The second-order valence-electron chi connectivity index (χ2n) is 6.24. The fourth-order valence-corrected chi connectivity index (χ4v) is 3.55. The minimum Gasteiger partial charge on any atom is -0.399 e. The van der Waals surface area contributed by atoms with E-state index in [0.717, 1.165) is 11.8 Å². The summed E-state index contributed by atoms with van der Waals surface area (Å²) in [6.45, 7) is 0.145. The molecule has 0 atom stereocenters. The molecule has 3 N–H and O–H groups in total. The van der Waals surface area contributed by atoms with E-state index < -0.39 is 9.84 Å². The van der Waals surface area contributed by atoms with E-state index in [1.54, 1.807) is 36.4 Å². The van der Waals surface area contributed by atoms with Gasteiger partial charge in [0.2, 0.25) is 0 Å². The van der Waals surface area contributed by atoms with E-state index in [2.05, 4.69) is 10.3 Å². The highest BCUT2D eigenvalue weighted by Gasteiger charge is 2.12. The molecule has 0 aliphatic heterocycles. The van der Waals surface area contributed by atoms with Crippen LogP contribution in [0.5, 0.6) is 0 Å². The molecule has 0 aliphatic carbocycles. The first-order valence-corrected chi connectivity index (χ1v) is 10.6. The lowest BCUT2D eigenvalue weighted by Gasteiger charge is -2.09. The average Bonchev–Trinajstić information content (AvgIpc) is 2.66. The molecule has 3 rings (SSSR count). The molecule has 0 saturated carbocycles. The maximum atomic E-state index is 12.5. The van der Waals surface area contributed by atoms with Gasteiger partial charge in [0.25, 0.3) is 5.91 Å². The van der Waals surface area contributed by atoms with E-state index in [-0.39, 0.29) is 28.1 Å². The number of carbonyl (C=O) groups is 1. The van der Waals surface area contributed by atoms with Crippen molar-refractivity contribution >= 4 is 33.0 Å². The molecule has 2 aromatic carbocycles. The monoisotopic (exact) mass is 415 g/mol. The van der Waals surface area contributed by atoms with Gasteiger partial charge in [-0.15, -0.1) is 0 Å². The van der Waals surface area contributed by atoms with Crippen molar-refractivity contribution in [2.24, 2.45) is 0 Å². The van der Waals surface area contributed by atoms with Gasteiger partial charge >= 0.3 is 0 Å². The Bertz CT molecular complexity index is 1150. The van der Waals surface area contributed by atoms with Gasteiger partial charge < -0.3 is 11.1 Å². The van der Waals surface area contributed by atoms with Crippen LogP contribution in [0, 0.1) is 0 Å². The van der Waals surface area contributed by atoms with Gasteiger partial charge in [0.15, 0.2) is 9.84 Å². The summed E-state index contributed by atoms with van der Waals surface area (Å²) in [4.78, 5) is 17.0. The summed E-state index contributed by atoms with van der Waals surface area (Å²) in [6.07, 6.45) is 1.11. The number of sulfone groups is 1. The smallest absolute Gasteiger partial charge is 0.270 e. The lowest BCUT2D eigenvalue weighted by molar-refractivity contribution is 0.0946. The highest BCUT2D eigenvalue weighted by molar-refractivity contribution is 7.90. The van der Waals surface area contributed by atoms with Crippen LogP contribution in [-0.4, -0.2) is 25.6 Å². The molecule has 0 aliphatic rings. The maximum absolute atomic E-state index is 12.5. The van der Waals surface area contributed by atoms with E-state index in [1.807, 2.05) is 12.1 Å². The summed E-state index contributed by atoms with van der Waals surface area (Å²) in [7, 11) is -3.34. The first-order valence-electron chi connectivity index (χ1n) is 8.34. The zero-order valence-electron chi connectivity index (χ0n) is 15.0. The first kappa shape index (κ1) is 19.9. The molecule has 1 aromatic heterocycles. The second-order valence-corrected chi connectivity index (χ2v) is 8.66. The van der Waals surface area contributed by atoms with Crippen molar-refractivity contribution < 1.29 is 13.2 Å². The van der Waals surface area contributed by atoms with Crippen LogP contribution >= 0.6 is 11.6 Å². The lowest BCUT2D eigenvalue weighted by Crippen LogP contribution is -2.24. The Morgan fingerprint density at radius 3 is 2.54 bits per heavy atom. The molecule has 1 heterocycles. The maximum Gasteiger partial charge on any atom is 0.270 e. The molecule has 0 radical (unpaired) electrons. The number of rotatable bonds is 5. The third-order valence-electron chi connectivity index (χ3n) is 4.06. The Labute approximate surface area is 168 Å². The van der Waals surface area contributed by atoms with Gasteiger partial charge in [-0.25, -0.2) is 13.4 Å². The van der Waals surface area contributed by atoms with Crippen LogP contribution in [0.4, 0.5) is 5.69 Å². The molecular weight excluding hydrogens is 398 g/mol. The van der Waals surface area contributed by atoms with Crippen molar-refractivity contribution in [3.63, 3.8) is 0 Å². The zero-order chi connectivity index (χ0) is 20.3. The van der Waals surface area contributed by atoms with Gasteiger partial charge in [-0.2, -0.15) is 0 Å². The molecular formula is C20H18ClN3O3S. The number of nitrogens with zero attached hydrogens (tertiary/aromatic N) is 1. The van der Waals surface area contributed by atoms with Gasteiger partial charge in [0.1, 0.15) is 5.69 Å². The van der Waals surface area contributed by atoms with Gasteiger partial charge in [-0.3, -0.25) is 4.79 Å². The molecule has 6 nitrogen and oxygen atoms in total. The number of nitrogen functional groups attached to an aromatic ring is 1. The predicted octanol–water partition coefficient (Wildman–Crippen LogP) is 3.32. The number of hydrogen-bond donors (Lipinski definition) is 2. The van der Waals surface area contributed by atoms with Crippen LogP contribution in [-0.2, 0) is 16.4 Å². The van der Waals surface area contributed by atoms with Crippen molar-refractivity contribution in [3.8, 4) is 11.3 Å². The molecule has 0 spiro atoms. The third-order valence-corrected chi connectivity index (χ3v) is 5.52. The number of anilines is 1. The van der Waals surface area contributed by atoms with Gasteiger partial charge in [-0.1, -0.05) is 35.9 Å². The summed E-state index contributed by atoms with van der Waals surface area (Å²) >= 11 is 6.14. The van der Waals surface area contributed by atoms with Gasteiger partial charge in [0, 0.05) is 29.1 Å². The van der Waals surface area contributed by atoms with E-state index in [1.165, 1.54) is 12.1 Å². The SMILES string of the molecule is CS(=O)(=O)c1ccc(CNC(=O)c2cccc(-c3cccc(N)c3)n2)c(Cl)c1. The minimum atomic E-state index is -3.34. The summed E-state index contributed by atoms with van der Waals surface area (Å²) in [5, 5.41) is 3.01. The van der Waals surface area contributed by atoms with E-state index in [9.17, 15) is 13.2 Å². The number of benzene rings is 2. The van der Waals surface area contributed by atoms with Crippen LogP contribution in [0.15, 0.2) is 65.6 Å². The number of aromatic nitrogens is 1. The Hall–Kier alpha value is -2.90. The molecule has 144 valence electrons. The highest BCUT2D eigenvalue weighted by atomic mass is 35.5. The molecule has 0 saturated heterocycles. The largest absolute Gasteiger partial charge is 0.399 e. The zero-order valence-corrected chi connectivity index (χ0v) is 16.6. The van der Waals surface area contributed by atoms with Gasteiger partial charge in [-0.05, 0) is 42.0 Å². The van der Waals surface area contributed by atoms with E-state index in [4.69, 9.17) is 17.3 Å². The van der Waals surface area contributed by atoms with Crippen LogP contribution in [0.1, 0.15) is 16.1 Å². The van der Waals surface area contributed by atoms with Crippen molar-refractivity contribution in [2.45, 2.75) is 11.4 Å². The molecule has 0 unspecified atom stereocenters. The van der Waals surface area contributed by atoms with Gasteiger partial charge in [0.05, 0.1) is 10.6 Å². The number of hydrogen-bond acceptors (Lipinski definition) is 5. The fourth-order valence-electron chi connectivity index (χ4n) is 2.59. The van der Waals surface area contributed by atoms with E-state index >= 15 is 0 Å². The molecule has 0 bridgehead atoms. The normalized spacial score (nSPS) is 11.2. The average molecular weight is 416 g/mol. The van der Waals surface area contributed by atoms with Crippen LogP contribution in [0.3, 0.4) is 0 Å². The molecule has 8 heteroatoms. The fraction of sp³-hybridized carbons (Fsp3) is 0.100. The molecule has 1 amide bonds. The number of amides is 1. The second kappa shape index (κ2) is 8.00. The van der Waals surface area contributed by atoms with Crippen LogP contribution < -0.4 is 11.1 Å². The van der Waals surface area contributed by atoms with Crippen molar-refractivity contribution in [1.29, 1.82) is 0 Å². The van der Waals surface area contributed by atoms with E-state index in [0.29, 0.717) is 16.9 Å². The summed E-state index contributed by atoms with van der Waals surface area (Å²) in [5.41, 5.74) is 8.72. The predicted molar refractivity (Wildman–Crippen MR) is 110 cm³/mol. The van der Waals surface area contributed by atoms with Crippen molar-refractivity contribution in [3.05, 3.63) is 76.9 Å². The Kier molecular flexibility index (Phi) is 5.67. The number of halogens is 1. The summed E-state index contributed by atoms with van der Waals surface area (Å²) < 4.78 is 23.1. The summed E-state index contributed by atoms with van der Waals surface area (Å²) in [6, 6.07) is 16.8. The molecule has 3 aromatic rings. The number of nitrogens with two attached hydrogens (primary N) is 1. The standard InChI is InChI=1S/C20H18ClN3O3S/c1-28(26,27)16-9-8-14(17(21)11-16)12-23-20(25)19-7-3-6-18(24-19)13-4-2-5-15(22)10-13/h2-11H,12,22H2,1H3,(H,23,25). The lowest BCUT2D eigenvalue weighted by atomic mass is 10.1. The van der Waals surface area contributed by atoms with Crippen molar-refractivity contribution in [1.82, 2.24) is 10.3 Å². The topological polar surface area (TPSA) is 102 Å². The number of carbonyl (C=O) groups excluding carboxylic acids is 1. The number of nitrogens with one attached hydrogen (secondary N) is 1. The Balaban J connectivity index is 1.75.